The summed E-state index contributed by atoms with van der Waals surface area (Å²) in [6.45, 7) is 4.18. The second kappa shape index (κ2) is 5.89. The van der Waals surface area contributed by atoms with Gasteiger partial charge in [0.05, 0.1) is 17.3 Å². The maximum atomic E-state index is 5.99. The van der Waals surface area contributed by atoms with Crippen molar-refractivity contribution < 1.29 is 0 Å². The Morgan fingerprint density at radius 2 is 1.70 bits per heavy atom. The van der Waals surface area contributed by atoms with Gasteiger partial charge in [-0.1, -0.05) is 17.7 Å². The molecule has 7 heteroatoms. The fraction of sp³-hybridized carbons (Fsp3) is 0.100. The maximum Gasteiger partial charge on any atom is 0.175 e. The first-order valence-electron chi connectivity index (χ1n) is 8.53. The summed E-state index contributed by atoms with van der Waals surface area (Å²) in [4.78, 5) is 4.63. The molecule has 0 radical (unpaired) electrons. The molecule has 0 amide bonds. The van der Waals surface area contributed by atoms with Gasteiger partial charge in [0.15, 0.2) is 17.1 Å². The van der Waals surface area contributed by atoms with E-state index in [0.717, 1.165) is 33.8 Å². The van der Waals surface area contributed by atoms with Gasteiger partial charge in [-0.15, -0.1) is 10.2 Å². The molecule has 27 heavy (non-hydrogen) atoms. The first-order chi connectivity index (χ1) is 13.1. The Morgan fingerprint density at radius 3 is 2.48 bits per heavy atom. The van der Waals surface area contributed by atoms with Gasteiger partial charge in [-0.3, -0.25) is 4.40 Å². The minimum absolute atomic E-state index is 0.683. The van der Waals surface area contributed by atoms with Crippen LogP contribution in [0, 0.1) is 13.8 Å². The second-order valence-electron chi connectivity index (χ2n) is 6.53. The van der Waals surface area contributed by atoms with Crippen molar-refractivity contribution in [2.45, 2.75) is 13.8 Å². The highest BCUT2D eigenvalue weighted by Gasteiger charge is 2.15. The van der Waals surface area contributed by atoms with Crippen LogP contribution in [0.15, 0.2) is 55.0 Å². The Balaban J connectivity index is 1.70. The summed E-state index contributed by atoms with van der Waals surface area (Å²) in [6, 6.07) is 13.7. The average Bonchev–Trinajstić information content (AvgIpc) is 3.28. The molecule has 0 fully saturated rings. The third-order valence-electron chi connectivity index (χ3n) is 4.81. The van der Waals surface area contributed by atoms with Crippen molar-refractivity contribution in [3.63, 3.8) is 0 Å². The van der Waals surface area contributed by atoms with Gasteiger partial charge in [0.1, 0.15) is 6.33 Å². The van der Waals surface area contributed by atoms with Crippen molar-refractivity contribution in [3.05, 3.63) is 71.1 Å². The average molecular weight is 375 g/mol. The fourth-order valence-electron chi connectivity index (χ4n) is 3.16. The lowest BCUT2D eigenvalue weighted by Crippen LogP contribution is -2.00. The van der Waals surface area contributed by atoms with Crippen LogP contribution in [0.5, 0.6) is 0 Å². The predicted octanol–water partition coefficient (Wildman–Crippen LogP) is 4.40. The number of aromatic nitrogens is 6. The van der Waals surface area contributed by atoms with Crippen LogP contribution in [0.3, 0.4) is 0 Å². The van der Waals surface area contributed by atoms with Crippen LogP contribution < -0.4 is 0 Å². The Hall–Kier alpha value is -3.25. The Bertz CT molecular complexity index is 1300. The lowest BCUT2D eigenvalue weighted by atomic mass is 10.1. The number of nitrogens with zero attached hydrogens (tertiary/aromatic N) is 6. The van der Waals surface area contributed by atoms with Crippen molar-refractivity contribution in [1.82, 2.24) is 29.4 Å². The van der Waals surface area contributed by atoms with E-state index >= 15 is 0 Å². The van der Waals surface area contributed by atoms with Crippen molar-refractivity contribution in [3.8, 4) is 17.1 Å². The first-order valence-corrected chi connectivity index (χ1v) is 8.90. The molecule has 0 aliphatic heterocycles. The van der Waals surface area contributed by atoms with E-state index in [1.54, 1.807) is 12.5 Å². The van der Waals surface area contributed by atoms with Gasteiger partial charge in [0.2, 0.25) is 0 Å². The summed E-state index contributed by atoms with van der Waals surface area (Å²) < 4.78 is 3.70. The number of fused-ring (bicyclic) bond motifs is 3. The van der Waals surface area contributed by atoms with Crippen LogP contribution in [-0.2, 0) is 0 Å². The molecule has 2 aromatic carbocycles. The summed E-state index contributed by atoms with van der Waals surface area (Å²) in [5.74, 6) is 0.718. The zero-order valence-electron chi connectivity index (χ0n) is 14.8. The Labute approximate surface area is 160 Å². The molecule has 5 rings (SSSR count). The van der Waals surface area contributed by atoms with Gasteiger partial charge in [-0.05, 0) is 61.4 Å². The third kappa shape index (κ3) is 2.49. The number of hydrogen-bond acceptors (Lipinski definition) is 4. The van der Waals surface area contributed by atoms with Crippen molar-refractivity contribution >= 4 is 28.3 Å². The van der Waals surface area contributed by atoms with Crippen LogP contribution in [0.1, 0.15) is 11.1 Å². The van der Waals surface area contributed by atoms with Crippen LogP contribution in [0.25, 0.3) is 33.8 Å². The van der Waals surface area contributed by atoms with Crippen LogP contribution in [0.2, 0.25) is 5.02 Å². The van der Waals surface area contributed by atoms with Gasteiger partial charge in [-0.2, -0.15) is 5.10 Å². The van der Waals surface area contributed by atoms with Gasteiger partial charge in [0.25, 0.3) is 0 Å². The van der Waals surface area contributed by atoms with Gasteiger partial charge in [0, 0.05) is 10.6 Å². The molecule has 0 saturated heterocycles. The molecule has 0 unspecified atom stereocenters. The molecule has 0 N–H and O–H groups in total. The van der Waals surface area contributed by atoms with Crippen molar-refractivity contribution in [2.75, 3.05) is 0 Å². The maximum absolute atomic E-state index is 5.99. The SMILES string of the molecule is Cc1ccc(-n2ncc3c2ncn2c(-c4ccc(Cl)cc4)nnc32)cc1C. The largest absolute Gasteiger partial charge is 0.265 e. The topological polar surface area (TPSA) is 60.9 Å². The number of rotatable bonds is 2. The predicted molar refractivity (Wildman–Crippen MR) is 105 cm³/mol. The Kier molecular flexibility index (Phi) is 3.48. The third-order valence-corrected chi connectivity index (χ3v) is 5.07. The normalized spacial score (nSPS) is 11.5. The van der Waals surface area contributed by atoms with E-state index in [9.17, 15) is 0 Å². The van der Waals surface area contributed by atoms with E-state index in [2.05, 4.69) is 46.3 Å². The van der Waals surface area contributed by atoms with Gasteiger partial charge in [-0.25, -0.2) is 9.67 Å². The number of halogens is 1. The fourth-order valence-corrected chi connectivity index (χ4v) is 3.29. The highest BCUT2D eigenvalue weighted by Crippen LogP contribution is 2.25. The molecule has 0 bridgehead atoms. The summed E-state index contributed by atoms with van der Waals surface area (Å²) in [5, 5.41) is 14.8. The molecule has 3 heterocycles. The molecule has 0 atom stereocenters. The second-order valence-corrected chi connectivity index (χ2v) is 6.97. The molecule has 0 saturated carbocycles. The summed E-state index contributed by atoms with van der Waals surface area (Å²) in [6.07, 6.45) is 3.52. The molecular weight excluding hydrogens is 360 g/mol. The van der Waals surface area contributed by atoms with Crippen LogP contribution in [-0.4, -0.2) is 29.4 Å². The van der Waals surface area contributed by atoms with E-state index in [4.69, 9.17) is 11.6 Å². The molecule has 0 aliphatic rings. The number of hydrogen-bond donors (Lipinski definition) is 0. The molecule has 5 aromatic rings. The quantitative estimate of drug-likeness (QED) is 0.459. The van der Waals surface area contributed by atoms with Crippen LogP contribution in [0.4, 0.5) is 0 Å². The zero-order valence-corrected chi connectivity index (χ0v) is 15.5. The van der Waals surface area contributed by atoms with Crippen molar-refractivity contribution in [2.24, 2.45) is 0 Å². The van der Waals surface area contributed by atoms with E-state index in [1.807, 2.05) is 39.4 Å². The zero-order chi connectivity index (χ0) is 18.5. The smallest absolute Gasteiger partial charge is 0.175 e. The standard InChI is InChI=1S/C20H15ClN6/c1-12-3-8-16(9-13(12)2)27-19-17(10-23-27)20-25-24-18(26(20)11-22-19)14-4-6-15(21)7-5-14/h3-11H,1-2H3. The number of aryl methyl sites for hydroxylation is 2. The minimum atomic E-state index is 0.683. The van der Waals surface area contributed by atoms with E-state index < -0.39 is 0 Å². The highest BCUT2D eigenvalue weighted by atomic mass is 35.5. The lowest BCUT2D eigenvalue weighted by Gasteiger charge is -2.06. The summed E-state index contributed by atoms with van der Waals surface area (Å²) >= 11 is 5.99. The molecule has 0 spiro atoms. The van der Waals surface area contributed by atoms with E-state index in [1.165, 1.54) is 11.1 Å². The van der Waals surface area contributed by atoms with Gasteiger partial charge >= 0.3 is 0 Å². The number of benzene rings is 2. The highest BCUT2D eigenvalue weighted by molar-refractivity contribution is 6.30. The van der Waals surface area contributed by atoms with E-state index in [0.29, 0.717) is 5.02 Å². The van der Waals surface area contributed by atoms with Crippen LogP contribution >= 0.6 is 11.6 Å². The summed E-state index contributed by atoms with van der Waals surface area (Å²) in [7, 11) is 0. The first kappa shape index (κ1) is 16.0. The van der Waals surface area contributed by atoms with Crippen molar-refractivity contribution in [1.29, 1.82) is 0 Å². The summed E-state index contributed by atoms with van der Waals surface area (Å²) in [5.41, 5.74) is 5.83. The minimum Gasteiger partial charge on any atom is -0.265 e. The molecular formula is C20H15ClN6. The van der Waals surface area contributed by atoms with E-state index in [-0.39, 0.29) is 0 Å². The molecule has 0 aliphatic carbocycles. The van der Waals surface area contributed by atoms with Gasteiger partial charge < -0.3 is 0 Å². The Morgan fingerprint density at radius 1 is 0.889 bits per heavy atom. The molecule has 6 nitrogen and oxygen atoms in total. The molecule has 132 valence electrons. The monoisotopic (exact) mass is 374 g/mol. The molecule has 3 aromatic heterocycles. The lowest BCUT2D eigenvalue weighted by molar-refractivity contribution is 0.891.